The first kappa shape index (κ1) is 21.2. The minimum atomic E-state index is -0.789. The minimum absolute atomic E-state index is 0. The first-order chi connectivity index (χ1) is 12.4. The van der Waals surface area contributed by atoms with Gasteiger partial charge < -0.3 is 15.5 Å². The highest BCUT2D eigenvalue weighted by Crippen LogP contribution is 2.30. The van der Waals surface area contributed by atoms with E-state index in [0.29, 0.717) is 23.7 Å². The summed E-state index contributed by atoms with van der Waals surface area (Å²) >= 11 is 6.21. The third-order valence-electron chi connectivity index (χ3n) is 4.84. The number of carbonyl (C=O) groups excluding carboxylic acids is 2. The number of para-hydroxylation sites is 1. The van der Waals surface area contributed by atoms with Gasteiger partial charge in [0.05, 0.1) is 10.7 Å². The molecule has 144 valence electrons. The lowest BCUT2D eigenvalue weighted by molar-refractivity contribution is -0.137. The number of nitrogens with zero attached hydrogens (tertiary/aromatic N) is 2. The molecule has 0 aromatic heterocycles. The number of anilines is 1. The van der Waals surface area contributed by atoms with Crippen LogP contribution in [-0.4, -0.2) is 36.3 Å². The molecule has 2 amide bonds. The fourth-order valence-corrected chi connectivity index (χ4v) is 3.46. The number of carbonyl (C=O) groups is 2. The zero-order chi connectivity index (χ0) is 18.8. The summed E-state index contributed by atoms with van der Waals surface area (Å²) in [7, 11) is 1.63. The van der Waals surface area contributed by atoms with E-state index in [1.807, 2.05) is 49.4 Å². The maximum absolute atomic E-state index is 12.8. The van der Waals surface area contributed by atoms with Crippen LogP contribution in [0, 0.1) is 6.92 Å². The van der Waals surface area contributed by atoms with E-state index in [0.717, 1.165) is 11.1 Å². The molecule has 27 heavy (non-hydrogen) atoms. The molecule has 2 unspecified atom stereocenters. The number of nitrogens with two attached hydrogens (primary N) is 1. The van der Waals surface area contributed by atoms with Gasteiger partial charge in [0.1, 0.15) is 12.1 Å². The van der Waals surface area contributed by atoms with Gasteiger partial charge in [0, 0.05) is 13.6 Å². The largest absolute Gasteiger partial charge is 0.332 e. The Morgan fingerprint density at radius 1 is 1.22 bits per heavy atom. The van der Waals surface area contributed by atoms with Crippen molar-refractivity contribution in [2.45, 2.75) is 25.4 Å². The van der Waals surface area contributed by atoms with E-state index >= 15 is 0 Å². The van der Waals surface area contributed by atoms with Gasteiger partial charge in [-0.15, -0.1) is 12.4 Å². The van der Waals surface area contributed by atoms with Crippen molar-refractivity contribution in [3.8, 4) is 0 Å². The van der Waals surface area contributed by atoms with Gasteiger partial charge in [-0.1, -0.05) is 53.6 Å². The van der Waals surface area contributed by atoms with Crippen LogP contribution in [0.5, 0.6) is 0 Å². The molecule has 3 rings (SSSR count). The third kappa shape index (κ3) is 4.26. The molecule has 7 heteroatoms. The zero-order valence-electron chi connectivity index (χ0n) is 15.3. The van der Waals surface area contributed by atoms with Crippen LogP contribution in [0.3, 0.4) is 0 Å². The Morgan fingerprint density at radius 3 is 2.48 bits per heavy atom. The van der Waals surface area contributed by atoms with Crippen molar-refractivity contribution < 1.29 is 9.59 Å². The molecular formula is C20H23Cl2N3O2. The normalized spacial score (nSPS) is 17.4. The number of aryl methyl sites for hydroxylation is 1. The number of rotatable bonds is 4. The zero-order valence-corrected chi connectivity index (χ0v) is 16.8. The summed E-state index contributed by atoms with van der Waals surface area (Å²) in [6.07, 6.45) is 0.549. The minimum Gasteiger partial charge on any atom is -0.332 e. The molecule has 1 saturated heterocycles. The molecule has 1 aliphatic heterocycles. The summed E-state index contributed by atoms with van der Waals surface area (Å²) in [5, 5.41) is 0.520. The van der Waals surface area contributed by atoms with Crippen LogP contribution in [0.15, 0.2) is 48.5 Å². The molecule has 0 bridgehead atoms. The van der Waals surface area contributed by atoms with Crippen LogP contribution < -0.4 is 10.6 Å². The van der Waals surface area contributed by atoms with E-state index in [1.54, 1.807) is 18.0 Å². The van der Waals surface area contributed by atoms with E-state index in [1.165, 1.54) is 4.90 Å². The van der Waals surface area contributed by atoms with Gasteiger partial charge in [-0.2, -0.15) is 0 Å². The van der Waals surface area contributed by atoms with Gasteiger partial charge >= 0.3 is 0 Å². The molecule has 2 atom stereocenters. The van der Waals surface area contributed by atoms with Gasteiger partial charge in [0.15, 0.2) is 0 Å². The molecule has 0 spiro atoms. The first-order valence-electron chi connectivity index (χ1n) is 8.55. The summed E-state index contributed by atoms with van der Waals surface area (Å²) in [4.78, 5) is 28.7. The van der Waals surface area contributed by atoms with Crippen molar-refractivity contribution >= 4 is 41.5 Å². The van der Waals surface area contributed by atoms with Gasteiger partial charge in [-0.05, 0) is 31.0 Å². The number of likely N-dealkylation sites (N-methyl/N-ethyl adjacent to an activating group) is 1. The van der Waals surface area contributed by atoms with Crippen LogP contribution in [-0.2, 0) is 9.59 Å². The van der Waals surface area contributed by atoms with Crippen molar-refractivity contribution in [2.75, 3.05) is 18.5 Å². The van der Waals surface area contributed by atoms with Crippen molar-refractivity contribution in [3.05, 3.63) is 64.7 Å². The number of amides is 2. The Bertz CT molecular complexity index is 826. The van der Waals surface area contributed by atoms with Crippen LogP contribution >= 0.6 is 24.0 Å². The predicted molar refractivity (Wildman–Crippen MR) is 110 cm³/mol. The molecule has 1 fully saturated rings. The fraction of sp³-hybridized carbons (Fsp3) is 0.300. The maximum Gasteiger partial charge on any atom is 0.249 e. The lowest BCUT2D eigenvalue weighted by Gasteiger charge is -2.27. The smallest absolute Gasteiger partial charge is 0.249 e. The predicted octanol–water partition coefficient (Wildman–Crippen LogP) is 3.33. The molecule has 2 aromatic rings. The number of hydrogen-bond acceptors (Lipinski definition) is 3. The Morgan fingerprint density at radius 2 is 1.85 bits per heavy atom. The van der Waals surface area contributed by atoms with Gasteiger partial charge in [0.2, 0.25) is 11.8 Å². The topological polar surface area (TPSA) is 66.6 Å². The summed E-state index contributed by atoms with van der Waals surface area (Å²) < 4.78 is 0. The lowest BCUT2D eigenvalue weighted by Crippen LogP contribution is -2.46. The van der Waals surface area contributed by atoms with E-state index in [4.69, 9.17) is 17.3 Å². The van der Waals surface area contributed by atoms with Crippen LogP contribution in [0.1, 0.15) is 23.6 Å². The summed E-state index contributed by atoms with van der Waals surface area (Å²) in [5.41, 5.74) is 8.64. The van der Waals surface area contributed by atoms with Gasteiger partial charge in [0.25, 0.3) is 0 Å². The summed E-state index contributed by atoms with van der Waals surface area (Å²) in [5.74, 6) is -0.404. The highest BCUT2D eigenvalue weighted by molar-refractivity contribution is 6.34. The highest BCUT2D eigenvalue weighted by Gasteiger charge is 2.39. The second-order valence-electron chi connectivity index (χ2n) is 6.58. The number of benzene rings is 2. The third-order valence-corrected chi connectivity index (χ3v) is 5.16. The molecule has 2 N–H and O–H groups in total. The average molecular weight is 408 g/mol. The SMILES string of the molecule is Cc1ccc(C(N)C(=O)N(C)C2CCN(c3ccccc3Cl)C2=O)cc1.Cl. The Kier molecular flexibility index (Phi) is 6.87. The van der Waals surface area contributed by atoms with Crippen molar-refractivity contribution in [1.29, 1.82) is 0 Å². The Hall–Kier alpha value is -2.08. The molecule has 1 aliphatic rings. The molecule has 2 aromatic carbocycles. The summed E-state index contributed by atoms with van der Waals surface area (Å²) in [6, 6.07) is 13.4. The highest BCUT2D eigenvalue weighted by atomic mass is 35.5. The van der Waals surface area contributed by atoms with Crippen LogP contribution in [0.2, 0.25) is 5.02 Å². The molecule has 0 aliphatic carbocycles. The second-order valence-corrected chi connectivity index (χ2v) is 6.99. The molecule has 0 saturated carbocycles. The van der Waals surface area contributed by atoms with Crippen LogP contribution in [0.25, 0.3) is 0 Å². The summed E-state index contributed by atoms with van der Waals surface area (Å²) in [6.45, 7) is 2.49. The molecule has 0 radical (unpaired) electrons. The Balaban J connectivity index is 0.00000261. The van der Waals surface area contributed by atoms with Crippen LogP contribution in [0.4, 0.5) is 5.69 Å². The second kappa shape index (κ2) is 8.74. The van der Waals surface area contributed by atoms with Crippen molar-refractivity contribution in [1.82, 2.24) is 4.90 Å². The Labute approximate surface area is 170 Å². The fourth-order valence-electron chi connectivity index (χ4n) is 3.22. The molecular weight excluding hydrogens is 385 g/mol. The van der Waals surface area contributed by atoms with Crippen molar-refractivity contribution in [2.24, 2.45) is 5.73 Å². The van der Waals surface area contributed by atoms with E-state index in [2.05, 4.69) is 0 Å². The first-order valence-corrected chi connectivity index (χ1v) is 8.92. The van der Waals surface area contributed by atoms with E-state index < -0.39 is 12.1 Å². The molecule has 1 heterocycles. The molecule has 5 nitrogen and oxygen atoms in total. The lowest BCUT2D eigenvalue weighted by atomic mass is 10.0. The number of halogens is 2. The quantitative estimate of drug-likeness (QED) is 0.844. The monoisotopic (exact) mass is 407 g/mol. The van der Waals surface area contributed by atoms with Gasteiger partial charge in [-0.25, -0.2) is 0 Å². The standard InChI is InChI=1S/C20H22ClN3O2.ClH/c1-13-7-9-14(10-8-13)18(22)20(26)23(2)17-11-12-24(19(17)25)16-6-4-3-5-15(16)21;/h3-10,17-18H,11-12,22H2,1-2H3;1H. The van der Waals surface area contributed by atoms with Gasteiger partial charge in [-0.3, -0.25) is 9.59 Å². The van der Waals surface area contributed by atoms with E-state index in [-0.39, 0.29) is 24.2 Å². The van der Waals surface area contributed by atoms with Crippen molar-refractivity contribution in [3.63, 3.8) is 0 Å². The maximum atomic E-state index is 12.8. The average Bonchev–Trinajstić information content (AvgIpc) is 3.02. The van der Waals surface area contributed by atoms with E-state index in [9.17, 15) is 9.59 Å². The number of hydrogen-bond donors (Lipinski definition) is 1.